The number of halogens is 1. The number of aromatic nitrogens is 3. The molecule has 2 unspecified atom stereocenters. The molecule has 1 aliphatic heterocycles. The molecule has 1 saturated heterocycles. The first kappa shape index (κ1) is 14.9. The highest BCUT2D eigenvalue weighted by molar-refractivity contribution is 9.09. The summed E-state index contributed by atoms with van der Waals surface area (Å²) < 4.78 is 7.71. The van der Waals surface area contributed by atoms with Crippen LogP contribution >= 0.6 is 15.9 Å². The maximum absolute atomic E-state index is 5.82. The molecule has 1 fully saturated rings. The molecule has 0 radical (unpaired) electrons. The van der Waals surface area contributed by atoms with E-state index >= 15 is 0 Å². The zero-order chi connectivity index (χ0) is 13.8. The van der Waals surface area contributed by atoms with Crippen molar-refractivity contribution in [1.82, 2.24) is 19.9 Å². The summed E-state index contributed by atoms with van der Waals surface area (Å²) in [5.74, 6) is 0. The molecule has 0 amide bonds. The first-order chi connectivity index (χ1) is 9.10. The Bertz CT molecular complexity index is 396. The first-order valence-electron chi connectivity index (χ1n) is 7.00. The van der Waals surface area contributed by atoms with E-state index in [4.69, 9.17) is 4.74 Å². The van der Waals surface area contributed by atoms with E-state index in [9.17, 15) is 0 Å². The lowest BCUT2D eigenvalue weighted by molar-refractivity contribution is -0.0471. The van der Waals surface area contributed by atoms with Gasteiger partial charge in [0.1, 0.15) is 0 Å². The van der Waals surface area contributed by atoms with Crippen molar-refractivity contribution in [3.63, 3.8) is 0 Å². The molecule has 0 bridgehead atoms. The van der Waals surface area contributed by atoms with Crippen molar-refractivity contribution in [2.75, 3.05) is 19.7 Å². The molecule has 0 N–H and O–H groups in total. The number of hydrogen-bond donors (Lipinski definition) is 0. The SMILES string of the molecule is CCC(Br)c1cn(CC2CN(C(C)C)CCO2)nn1. The maximum atomic E-state index is 5.82. The molecule has 1 aromatic rings. The second-order valence-electron chi connectivity index (χ2n) is 5.32. The van der Waals surface area contributed by atoms with Gasteiger partial charge in [-0.1, -0.05) is 28.1 Å². The summed E-state index contributed by atoms with van der Waals surface area (Å²) in [6.45, 7) is 10.2. The van der Waals surface area contributed by atoms with E-state index in [-0.39, 0.29) is 6.10 Å². The van der Waals surface area contributed by atoms with Crippen LogP contribution in [0.25, 0.3) is 0 Å². The van der Waals surface area contributed by atoms with Crippen molar-refractivity contribution >= 4 is 15.9 Å². The summed E-state index contributed by atoms with van der Waals surface area (Å²) in [5, 5.41) is 8.39. The Balaban J connectivity index is 1.91. The summed E-state index contributed by atoms with van der Waals surface area (Å²) in [4.78, 5) is 2.74. The Morgan fingerprint density at radius 1 is 1.53 bits per heavy atom. The van der Waals surface area contributed by atoms with Gasteiger partial charge >= 0.3 is 0 Å². The van der Waals surface area contributed by atoms with Gasteiger partial charge in [0, 0.05) is 25.3 Å². The van der Waals surface area contributed by atoms with Crippen molar-refractivity contribution < 1.29 is 4.74 Å². The molecule has 1 aliphatic rings. The molecule has 1 aromatic heterocycles. The molecule has 0 aromatic carbocycles. The highest BCUT2D eigenvalue weighted by Gasteiger charge is 2.23. The van der Waals surface area contributed by atoms with Gasteiger partial charge in [-0.3, -0.25) is 4.90 Å². The molecule has 2 rings (SSSR count). The third kappa shape index (κ3) is 4.00. The van der Waals surface area contributed by atoms with Crippen molar-refractivity contribution in [3.05, 3.63) is 11.9 Å². The Morgan fingerprint density at radius 2 is 2.32 bits per heavy atom. The van der Waals surface area contributed by atoms with E-state index in [2.05, 4.69) is 51.9 Å². The number of alkyl halides is 1. The highest BCUT2D eigenvalue weighted by Crippen LogP contribution is 2.23. The molecule has 108 valence electrons. The van der Waals surface area contributed by atoms with Crippen LogP contribution in [0.2, 0.25) is 0 Å². The molecule has 2 heterocycles. The monoisotopic (exact) mass is 330 g/mol. The Labute approximate surface area is 123 Å². The van der Waals surface area contributed by atoms with Gasteiger partial charge in [-0.05, 0) is 20.3 Å². The van der Waals surface area contributed by atoms with Crippen LogP contribution < -0.4 is 0 Å². The number of rotatable bonds is 5. The highest BCUT2D eigenvalue weighted by atomic mass is 79.9. The molecule has 6 heteroatoms. The van der Waals surface area contributed by atoms with Crippen LogP contribution in [0.1, 0.15) is 37.7 Å². The van der Waals surface area contributed by atoms with E-state index in [1.54, 1.807) is 0 Å². The standard InChI is InChI=1S/C13H23BrN4O/c1-4-12(14)13-9-18(16-15-13)8-11-7-17(10(2)3)5-6-19-11/h9-12H,4-8H2,1-3H3. The molecule has 5 nitrogen and oxygen atoms in total. The van der Waals surface area contributed by atoms with Gasteiger partial charge in [-0.2, -0.15) is 0 Å². The van der Waals surface area contributed by atoms with Gasteiger partial charge in [0.25, 0.3) is 0 Å². The summed E-state index contributed by atoms with van der Waals surface area (Å²) in [5.41, 5.74) is 0.999. The van der Waals surface area contributed by atoms with Gasteiger partial charge in [0.2, 0.25) is 0 Å². The minimum Gasteiger partial charge on any atom is -0.374 e. The van der Waals surface area contributed by atoms with E-state index < -0.39 is 0 Å². The number of ether oxygens (including phenoxy) is 1. The summed E-state index contributed by atoms with van der Waals surface area (Å²) in [6, 6.07) is 0.574. The number of morpholine rings is 1. The van der Waals surface area contributed by atoms with Crippen LogP contribution in [-0.2, 0) is 11.3 Å². The molecule has 0 spiro atoms. The van der Waals surface area contributed by atoms with Crippen LogP contribution in [0.3, 0.4) is 0 Å². The van der Waals surface area contributed by atoms with Crippen molar-refractivity contribution in [3.8, 4) is 0 Å². The van der Waals surface area contributed by atoms with Crippen molar-refractivity contribution in [2.24, 2.45) is 0 Å². The van der Waals surface area contributed by atoms with Crippen LogP contribution in [0.15, 0.2) is 6.20 Å². The third-order valence-electron chi connectivity index (χ3n) is 3.53. The molecule has 0 saturated carbocycles. The normalized spacial score (nSPS) is 22.9. The molecule has 0 aliphatic carbocycles. The summed E-state index contributed by atoms with van der Waals surface area (Å²) in [7, 11) is 0. The van der Waals surface area contributed by atoms with Crippen LogP contribution in [0.5, 0.6) is 0 Å². The van der Waals surface area contributed by atoms with Gasteiger partial charge in [-0.25, -0.2) is 4.68 Å². The van der Waals surface area contributed by atoms with Crippen LogP contribution in [0, 0.1) is 0 Å². The van der Waals surface area contributed by atoms with Crippen molar-refractivity contribution in [2.45, 2.75) is 50.7 Å². The summed E-state index contributed by atoms with van der Waals surface area (Å²) in [6.07, 6.45) is 3.24. The van der Waals surface area contributed by atoms with E-state index in [0.29, 0.717) is 10.9 Å². The number of nitrogens with zero attached hydrogens (tertiary/aromatic N) is 4. The van der Waals surface area contributed by atoms with Crippen LogP contribution in [-0.4, -0.2) is 51.7 Å². The Hall–Kier alpha value is -0.460. The Kier molecular flexibility index (Phi) is 5.36. The molecule has 19 heavy (non-hydrogen) atoms. The Morgan fingerprint density at radius 3 is 3.00 bits per heavy atom. The van der Waals surface area contributed by atoms with Gasteiger partial charge in [0.05, 0.1) is 29.8 Å². The zero-order valence-corrected chi connectivity index (χ0v) is 13.5. The lowest BCUT2D eigenvalue weighted by Crippen LogP contribution is -2.47. The fourth-order valence-corrected chi connectivity index (χ4v) is 2.50. The first-order valence-corrected chi connectivity index (χ1v) is 7.91. The zero-order valence-electron chi connectivity index (χ0n) is 11.9. The average Bonchev–Trinajstić information content (AvgIpc) is 2.86. The molecule has 2 atom stereocenters. The average molecular weight is 331 g/mol. The predicted molar refractivity (Wildman–Crippen MR) is 78.4 cm³/mol. The summed E-state index contributed by atoms with van der Waals surface area (Å²) >= 11 is 3.60. The lowest BCUT2D eigenvalue weighted by Gasteiger charge is -2.35. The second kappa shape index (κ2) is 6.81. The second-order valence-corrected chi connectivity index (χ2v) is 6.43. The minimum absolute atomic E-state index is 0.209. The van der Waals surface area contributed by atoms with Crippen LogP contribution in [0.4, 0.5) is 0 Å². The van der Waals surface area contributed by atoms with Gasteiger partial charge in [-0.15, -0.1) is 5.10 Å². The van der Waals surface area contributed by atoms with E-state index in [0.717, 1.165) is 38.4 Å². The molecular formula is C13H23BrN4O. The lowest BCUT2D eigenvalue weighted by atomic mass is 10.2. The molecular weight excluding hydrogens is 308 g/mol. The fraction of sp³-hybridized carbons (Fsp3) is 0.846. The predicted octanol–water partition coefficient (Wildman–Crippen LogP) is 2.23. The third-order valence-corrected chi connectivity index (χ3v) is 4.64. The quantitative estimate of drug-likeness (QED) is 0.776. The van der Waals surface area contributed by atoms with E-state index in [1.807, 2.05) is 10.9 Å². The van der Waals surface area contributed by atoms with E-state index in [1.165, 1.54) is 0 Å². The number of hydrogen-bond acceptors (Lipinski definition) is 4. The fourth-order valence-electron chi connectivity index (χ4n) is 2.29. The maximum Gasteiger partial charge on any atom is 0.0963 e. The van der Waals surface area contributed by atoms with Gasteiger partial charge < -0.3 is 4.74 Å². The minimum atomic E-state index is 0.209. The largest absolute Gasteiger partial charge is 0.374 e. The van der Waals surface area contributed by atoms with Gasteiger partial charge in [0.15, 0.2) is 0 Å². The topological polar surface area (TPSA) is 43.2 Å². The van der Waals surface area contributed by atoms with Crippen molar-refractivity contribution in [1.29, 1.82) is 0 Å². The smallest absolute Gasteiger partial charge is 0.0963 e.